The Morgan fingerprint density at radius 2 is 1.96 bits per heavy atom. The Morgan fingerprint density at radius 1 is 1.21 bits per heavy atom. The van der Waals surface area contributed by atoms with Gasteiger partial charge in [-0.2, -0.15) is 5.10 Å². The van der Waals surface area contributed by atoms with Gasteiger partial charge >= 0.3 is 0 Å². The molecule has 0 atom stereocenters. The van der Waals surface area contributed by atoms with Gasteiger partial charge in [-0.1, -0.05) is 24.3 Å². The molecule has 2 heterocycles. The smallest absolute Gasteiger partial charge is 0.272 e. The van der Waals surface area contributed by atoms with Gasteiger partial charge in [-0.15, -0.1) is 0 Å². The standard InChI is InChI=1S/C21H20FN3O3/c22-18-6-5-13(9-17(18)21(28)25-11-14(12-25)7-8-26)10-19-15-3-1-2-4-16(15)20(27)24-23-19/h1-6,9,14,26H,7-8,10-12H2,(H,24,27). The molecule has 144 valence electrons. The van der Waals surface area contributed by atoms with Crippen LogP contribution in [0.5, 0.6) is 0 Å². The molecular weight excluding hydrogens is 361 g/mol. The van der Waals surface area contributed by atoms with Gasteiger partial charge in [0.25, 0.3) is 11.5 Å². The van der Waals surface area contributed by atoms with E-state index in [9.17, 15) is 14.0 Å². The van der Waals surface area contributed by atoms with Gasteiger partial charge in [-0.3, -0.25) is 9.59 Å². The fraction of sp³-hybridized carbons (Fsp3) is 0.286. The number of nitrogens with zero attached hydrogens (tertiary/aromatic N) is 2. The number of rotatable bonds is 5. The summed E-state index contributed by atoms with van der Waals surface area (Å²) in [6.07, 6.45) is 1.02. The SMILES string of the molecule is O=C(c1cc(Cc2n[nH]c(=O)c3ccccc23)ccc1F)N1CC(CCO)C1. The molecule has 1 saturated heterocycles. The zero-order chi connectivity index (χ0) is 19.7. The summed E-state index contributed by atoms with van der Waals surface area (Å²) in [6.45, 7) is 1.17. The zero-order valence-electron chi connectivity index (χ0n) is 15.2. The molecular formula is C21H20FN3O3. The number of aliphatic hydroxyl groups is 1. The molecule has 4 rings (SSSR count). The number of H-pyrrole nitrogens is 1. The van der Waals surface area contributed by atoms with Crippen molar-refractivity contribution in [1.29, 1.82) is 0 Å². The van der Waals surface area contributed by atoms with Crippen LogP contribution >= 0.6 is 0 Å². The number of aliphatic hydroxyl groups excluding tert-OH is 1. The molecule has 1 amide bonds. The van der Waals surface area contributed by atoms with Crippen LogP contribution < -0.4 is 5.56 Å². The predicted molar refractivity (Wildman–Crippen MR) is 103 cm³/mol. The van der Waals surface area contributed by atoms with E-state index in [1.165, 1.54) is 6.07 Å². The van der Waals surface area contributed by atoms with E-state index in [4.69, 9.17) is 5.11 Å². The van der Waals surface area contributed by atoms with E-state index in [0.29, 0.717) is 37.0 Å². The van der Waals surface area contributed by atoms with Crippen LogP contribution in [0, 0.1) is 11.7 Å². The Hall–Kier alpha value is -3.06. The van der Waals surface area contributed by atoms with Gasteiger partial charge in [0.2, 0.25) is 0 Å². The normalized spacial score (nSPS) is 14.3. The van der Waals surface area contributed by atoms with Crippen LogP contribution in [0.15, 0.2) is 47.3 Å². The molecule has 3 aromatic rings. The van der Waals surface area contributed by atoms with Gasteiger partial charge in [0.15, 0.2) is 0 Å². The van der Waals surface area contributed by atoms with Crippen LogP contribution in [0.1, 0.15) is 28.0 Å². The maximum absolute atomic E-state index is 14.3. The van der Waals surface area contributed by atoms with Crippen molar-refractivity contribution in [2.24, 2.45) is 5.92 Å². The van der Waals surface area contributed by atoms with Gasteiger partial charge in [0, 0.05) is 31.5 Å². The molecule has 1 aliphatic rings. The van der Waals surface area contributed by atoms with E-state index < -0.39 is 5.82 Å². The second-order valence-electron chi connectivity index (χ2n) is 7.12. The molecule has 0 aliphatic carbocycles. The second kappa shape index (κ2) is 7.52. The highest BCUT2D eigenvalue weighted by Crippen LogP contribution is 2.24. The second-order valence-corrected chi connectivity index (χ2v) is 7.12. The van der Waals surface area contributed by atoms with Crippen molar-refractivity contribution in [1.82, 2.24) is 15.1 Å². The number of carbonyl (C=O) groups excluding carboxylic acids is 1. The third-order valence-corrected chi connectivity index (χ3v) is 5.19. The predicted octanol–water partition coefficient (Wildman–Crippen LogP) is 2.11. The van der Waals surface area contributed by atoms with Gasteiger partial charge < -0.3 is 10.0 Å². The average molecular weight is 381 g/mol. The molecule has 0 unspecified atom stereocenters. The minimum Gasteiger partial charge on any atom is -0.396 e. The summed E-state index contributed by atoms with van der Waals surface area (Å²) in [5.74, 6) is -0.622. The highest BCUT2D eigenvalue weighted by Gasteiger charge is 2.31. The first-order chi connectivity index (χ1) is 13.6. The quantitative estimate of drug-likeness (QED) is 0.709. The largest absolute Gasteiger partial charge is 0.396 e. The first-order valence-corrected chi connectivity index (χ1v) is 9.21. The fourth-order valence-corrected chi connectivity index (χ4v) is 3.62. The lowest BCUT2D eigenvalue weighted by atomic mass is 9.95. The molecule has 1 aromatic heterocycles. The fourth-order valence-electron chi connectivity index (χ4n) is 3.62. The lowest BCUT2D eigenvalue weighted by molar-refractivity contribution is 0.0444. The van der Waals surface area contributed by atoms with Crippen LogP contribution in [0.4, 0.5) is 4.39 Å². The number of aromatic amines is 1. The number of benzene rings is 2. The number of aromatic nitrogens is 2. The van der Waals surface area contributed by atoms with Crippen molar-refractivity contribution in [3.63, 3.8) is 0 Å². The number of amides is 1. The Bertz CT molecular complexity index is 1090. The lowest BCUT2D eigenvalue weighted by Gasteiger charge is -2.39. The molecule has 1 fully saturated rings. The van der Waals surface area contributed by atoms with Gasteiger partial charge in [0.05, 0.1) is 16.6 Å². The van der Waals surface area contributed by atoms with Crippen molar-refractivity contribution in [2.45, 2.75) is 12.8 Å². The summed E-state index contributed by atoms with van der Waals surface area (Å²) in [6, 6.07) is 11.6. The Labute approximate surface area is 160 Å². The number of carbonyl (C=O) groups is 1. The lowest BCUT2D eigenvalue weighted by Crippen LogP contribution is -2.50. The number of halogens is 1. The van der Waals surface area contributed by atoms with Crippen LogP contribution in [0.2, 0.25) is 0 Å². The average Bonchev–Trinajstić information content (AvgIpc) is 2.67. The number of fused-ring (bicyclic) bond motifs is 1. The van der Waals surface area contributed by atoms with Crippen LogP contribution in [-0.4, -0.2) is 45.8 Å². The monoisotopic (exact) mass is 381 g/mol. The molecule has 2 N–H and O–H groups in total. The Kier molecular flexibility index (Phi) is 4.92. The first-order valence-electron chi connectivity index (χ1n) is 9.21. The summed E-state index contributed by atoms with van der Waals surface area (Å²) in [5, 5.41) is 16.9. The topological polar surface area (TPSA) is 86.3 Å². The molecule has 2 aromatic carbocycles. The molecule has 7 heteroatoms. The third-order valence-electron chi connectivity index (χ3n) is 5.19. The van der Waals surface area contributed by atoms with Crippen molar-refractivity contribution < 1.29 is 14.3 Å². The summed E-state index contributed by atoms with van der Waals surface area (Å²) in [5.41, 5.74) is 1.17. The Balaban J connectivity index is 1.59. The molecule has 0 radical (unpaired) electrons. The summed E-state index contributed by atoms with van der Waals surface area (Å²) in [4.78, 5) is 26.1. The molecule has 0 spiro atoms. The van der Waals surface area contributed by atoms with E-state index in [-0.39, 0.29) is 29.6 Å². The maximum atomic E-state index is 14.3. The van der Waals surface area contributed by atoms with Crippen LogP contribution in [-0.2, 0) is 6.42 Å². The number of likely N-dealkylation sites (tertiary alicyclic amines) is 1. The first kappa shape index (κ1) is 18.3. The van der Waals surface area contributed by atoms with E-state index >= 15 is 0 Å². The summed E-state index contributed by atoms with van der Waals surface area (Å²) >= 11 is 0. The third kappa shape index (κ3) is 3.41. The highest BCUT2D eigenvalue weighted by molar-refractivity contribution is 5.95. The molecule has 1 aliphatic heterocycles. The van der Waals surface area contributed by atoms with E-state index in [1.54, 1.807) is 29.2 Å². The van der Waals surface area contributed by atoms with E-state index in [1.807, 2.05) is 12.1 Å². The summed E-state index contributed by atoms with van der Waals surface area (Å²) in [7, 11) is 0. The van der Waals surface area contributed by atoms with Crippen molar-refractivity contribution in [3.8, 4) is 0 Å². The minimum atomic E-state index is -0.557. The van der Waals surface area contributed by atoms with Crippen molar-refractivity contribution in [2.75, 3.05) is 19.7 Å². The molecule has 6 nitrogen and oxygen atoms in total. The van der Waals surface area contributed by atoms with Crippen LogP contribution in [0.3, 0.4) is 0 Å². The number of nitrogens with one attached hydrogen (secondary N) is 1. The minimum absolute atomic E-state index is 0.0358. The van der Waals surface area contributed by atoms with Gasteiger partial charge in [-0.25, -0.2) is 9.49 Å². The van der Waals surface area contributed by atoms with Crippen LogP contribution in [0.25, 0.3) is 10.8 Å². The van der Waals surface area contributed by atoms with Gasteiger partial charge in [0.1, 0.15) is 5.82 Å². The van der Waals surface area contributed by atoms with Crippen molar-refractivity contribution >= 4 is 16.7 Å². The van der Waals surface area contributed by atoms with E-state index in [2.05, 4.69) is 10.2 Å². The zero-order valence-corrected chi connectivity index (χ0v) is 15.2. The Morgan fingerprint density at radius 3 is 2.71 bits per heavy atom. The number of hydrogen-bond donors (Lipinski definition) is 2. The molecule has 28 heavy (non-hydrogen) atoms. The van der Waals surface area contributed by atoms with Crippen molar-refractivity contribution in [3.05, 3.63) is 75.5 Å². The number of hydrogen-bond acceptors (Lipinski definition) is 4. The van der Waals surface area contributed by atoms with E-state index in [0.717, 1.165) is 10.9 Å². The molecule has 0 saturated carbocycles. The maximum Gasteiger partial charge on any atom is 0.272 e. The van der Waals surface area contributed by atoms with Gasteiger partial charge in [-0.05, 0) is 36.1 Å². The highest BCUT2D eigenvalue weighted by atomic mass is 19.1. The summed E-state index contributed by atoms with van der Waals surface area (Å²) < 4.78 is 14.3. The molecule has 0 bridgehead atoms.